The highest BCUT2D eigenvalue weighted by atomic mass is 16.7. The number of ether oxygens (including phenoxy) is 2. The van der Waals surface area contributed by atoms with Crippen molar-refractivity contribution in [2.75, 3.05) is 13.7 Å². The molecule has 0 saturated carbocycles. The summed E-state index contributed by atoms with van der Waals surface area (Å²) in [5.41, 5.74) is 0.619. The fraction of sp³-hybridized carbons (Fsp3) is 0.538. The molecule has 7 nitrogen and oxygen atoms in total. The van der Waals surface area contributed by atoms with Crippen LogP contribution >= 0.6 is 0 Å². The van der Waals surface area contributed by atoms with Gasteiger partial charge in [0.25, 0.3) is 0 Å². The number of pyridine rings is 1. The molecule has 0 aromatic carbocycles. The monoisotopic (exact) mass is 282 g/mol. The molecule has 0 spiro atoms. The molecule has 1 fully saturated rings. The van der Waals surface area contributed by atoms with Crippen LogP contribution in [0.25, 0.3) is 0 Å². The fourth-order valence-corrected chi connectivity index (χ4v) is 2.04. The van der Waals surface area contributed by atoms with Crippen LogP contribution in [0.1, 0.15) is 5.69 Å². The number of hydrogen-bond donors (Lipinski definition) is 3. The molecule has 0 bridgehead atoms. The molecule has 5 atom stereocenters. The van der Waals surface area contributed by atoms with Crippen molar-refractivity contribution < 1.29 is 24.8 Å². The lowest BCUT2D eigenvalue weighted by Gasteiger charge is -2.39. The minimum atomic E-state index is -1.22. The van der Waals surface area contributed by atoms with E-state index in [0.29, 0.717) is 5.69 Å². The maximum Gasteiger partial charge on any atom is 0.182 e. The zero-order chi connectivity index (χ0) is 14.5. The van der Waals surface area contributed by atoms with Crippen molar-refractivity contribution in [3.8, 4) is 0 Å². The topological polar surface area (TPSA) is 104 Å². The van der Waals surface area contributed by atoms with Gasteiger partial charge < -0.3 is 24.8 Å². The highest BCUT2D eigenvalue weighted by Gasteiger charge is 2.44. The van der Waals surface area contributed by atoms with E-state index in [1.807, 2.05) is 6.07 Å². The molecule has 0 aliphatic carbocycles. The summed E-state index contributed by atoms with van der Waals surface area (Å²) in [5.74, 6) is 0. The van der Waals surface area contributed by atoms with Crippen molar-refractivity contribution >= 4 is 6.21 Å². The number of aliphatic imine (C=N–C) groups is 1. The highest BCUT2D eigenvalue weighted by molar-refractivity contribution is 5.76. The van der Waals surface area contributed by atoms with Crippen molar-refractivity contribution in [3.63, 3.8) is 0 Å². The summed E-state index contributed by atoms with van der Waals surface area (Å²) in [7, 11) is 1.41. The summed E-state index contributed by atoms with van der Waals surface area (Å²) in [6.45, 7) is -0.408. The summed E-state index contributed by atoms with van der Waals surface area (Å²) >= 11 is 0. The fourth-order valence-electron chi connectivity index (χ4n) is 2.04. The molecule has 1 aliphatic rings. The predicted molar refractivity (Wildman–Crippen MR) is 70.4 cm³/mol. The number of aliphatic hydroxyl groups excluding tert-OH is 3. The molecule has 0 radical (unpaired) electrons. The summed E-state index contributed by atoms with van der Waals surface area (Å²) in [5, 5.41) is 29.0. The lowest BCUT2D eigenvalue weighted by Crippen LogP contribution is -2.58. The molecule has 20 heavy (non-hydrogen) atoms. The lowest BCUT2D eigenvalue weighted by molar-refractivity contribution is -0.257. The molecule has 0 amide bonds. The molecular weight excluding hydrogens is 264 g/mol. The van der Waals surface area contributed by atoms with Gasteiger partial charge in [-0.1, -0.05) is 6.07 Å². The minimum Gasteiger partial charge on any atom is -0.394 e. The van der Waals surface area contributed by atoms with Gasteiger partial charge in [-0.25, -0.2) is 0 Å². The molecule has 7 heteroatoms. The molecule has 1 aliphatic heterocycles. The van der Waals surface area contributed by atoms with Crippen LogP contribution in [-0.4, -0.2) is 70.9 Å². The Labute approximate surface area is 116 Å². The summed E-state index contributed by atoms with van der Waals surface area (Å²) in [4.78, 5) is 8.25. The molecule has 1 aromatic rings. The highest BCUT2D eigenvalue weighted by Crippen LogP contribution is 2.23. The van der Waals surface area contributed by atoms with Gasteiger partial charge in [-0.05, 0) is 12.1 Å². The Balaban J connectivity index is 2.14. The molecule has 1 aromatic heterocycles. The van der Waals surface area contributed by atoms with Crippen LogP contribution in [0.5, 0.6) is 0 Å². The second-order valence-corrected chi connectivity index (χ2v) is 4.47. The van der Waals surface area contributed by atoms with E-state index in [4.69, 9.17) is 14.6 Å². The van der Waals surface area contributed by atoms with E-state index < -0.39 is 37.3 Å². The van der Waals surface area contributed by atoms with Crippen molar-refractivity contribution in [1.29, 1.82) is 0 Å². The summed E-state index contributed by atoms with van der Waals surface area (Å²) < 4.78 is 10.5. The third-order valence-corrected chi connectivity index (χ3v) is 3.15. The Kier molecular flexibility index (Phi) is 5.16. The zero-order valence-corrected chi connectivity index (χ0v) is 11.0. The molecule has 1 saturated heterocycles. The smallest absolute Gasteiger partial charge is 0.182 e. The molecule has 2 heterocycles. The number of methoxy groups -OCH3 is 1. The van der Waals surface area contributed by atoms with Crippen molar-refractivity contribution in [2.24, 2.45) is 4.99 Å². The van der Waals surface area contributed by atoms with Gasteiger partial charge in [0.2, 0.25) is 0 Å². The van der Waals surface area contributed by atoms with E-state index in [1.54, 1.807) is 18.3 Å². The first-order chi connectivity index (χ1) is 9.67. The molecule has 110 valence electrons. The normalized spacial score (nSPS) is 34.5. The lowest BCUT2D eigenvalue weighted by atomic mass is 9.97. The van der Waals surface area contributed by atoms with Gasteiger partial charge in [0.15, 0.2) is 6.29 Å². The standard InChI is InChI=1S/C13H18N2O5/c1-19-13-10(12(18)11(17)9(7-16)20-13)15-6-8-4-2-3-5-14-8/h2-6,9-13,16-18H,7H2,1H3/t9-,10-,11-,12-,13-/m1/s1. The van der Waals surface area contributed by atoms with Crippen LogP contribution < -0.4 is 0 Å². The molecular formula is C13H18N2O5. The van der Waals surface area contributed by atoms with Crippen LogP contribution in [0.2, 0.25) is 0 Å². The molecule has 0 unspecified atom stereocenters. The second kappa shape index (κ2) is 6.87. The van der Waals surface area contributed by atoms with E-state index in [2.05, 4.69) is 9.98 Å². The average Bonchev–Trinajstić information content (AvgIpc) is 2.49. The van der Waals surface area contributed by atoms with Gasteiger partial charge >= 0.3 is 0 Å². The number of hydrogen-bond acceptors (Lipinski definition) is 7. The Hall–Kier alpha value is -1.38. The predicted octanol–water partition coefficient (Wildman–Crippen LogP) is -1.05. The average molecular weight is 282 g/mol. The third kappa shape index (κ3) is 3.20. The van der Waals surface area contributed by atoms with Gasteiger partial charge in [0.05, 0.1) is 12.3 Å². The molecule has 2 rings (SSSR count). The molecule has 3 N–H and O–H groups in total. The number of aliphatic hydroxyl groups is 3. The van der Waals surface area contributed by atoms with E-state index in [0.717, 1.165) is 0 Å². The number of rotatable bonds is 4. The van der Waals surface area contributed by atoms with Crippen molar-refractivity contribution in [2.45, 2.75) is 30.6 Å². The van der Waals surface area contributed by atoms with Gasteiger partial charge in [-0.15, -0.1) is 0 Å². The Morgan fingerprint density at radius 1 is 1.40 bits per heavy atom. The Bertz CT molecular complexity index is 440. The van der Waals surface area contributed by atoms with Gasteiger partial charge in [0.1, 0.15) is 24.4 Å². The van der Waals surface area contributed by atoms with E-state index >= 15 is 0 Å². The van der Waals surface area contributed by atoms with Crippen LogP contribution in [0.15, 0.2) is 29.4 Å². The Morgan fingerprint density at radius 2 is 2.20 bits per heavy atom. The number of aromatic nitrogens is 1. The number of nitrogens with zero attached hydrogens (tertiary/aromatic N) is 2. The first-order valence-electron chi connectivity index (χ1n) is 6.27. The van der Waals surface area contributed by atoms with Gasteiger partial charge in [-0.2, -0.15) is 0 Å². The van der Waals surface area contributed by atoms with Gasteiger partial charge in [-0.3, -0.25) is 9.98 Å². The van der Waals surface area contributed by atoms with Crippen LogP contribution in [0.3, 0.4) is 0 Å². The first kappa shape index (κ1) is 15.0. The minimum absolute atomic E-state index is 0.408. The maximum atomic E-state index is 10.1. The summed E-state index contributed by atoms with van der Waals surface area (Å²) in [6, 6.07) is 4.56. The maximum absolute atomic E-state index is 10.1. The summed E-state index contributed by atoms with van der Waals surface area (Å²) in [6.07, 6.45) is -1.04. The second-order valence-electron chi connectivity index (χ2n) is 4.47. The van der Waals surface area contributed by atoms with Gasteiger partial charge in [0, 0.05) is 19.5 Å². The third-order valence-electron chi connectivity index (χ3n) is 3.15. The van der Waals surface area contributed by atoms with Crippen LogP contribution in [0, 0.1) is 0 Å². The SMILES string of the molecule is CO[C@@H]1O[C@H](CO)[C@@H](O)[C@H](O)[C@H]1N=Cc1ccccn1. The van der Waals surface area contributed by atoms with E-state index in [1.165, 1.54) is 13.3 Å². The van der Waals surface area contributed by atoms with Crippen LogP contribution in [-0.2, 0) is 9.47 Å². The van der Waals surface area contributed by atoms with E-state index in [9.17, 15) is 10.2 Å². The van der Waals surface area contributed by atoms with E-state index in [-0.39, 0.29) is 0 Å². The largest absolute Gasteiger partial charge is 0.394 e. The Morgan fingerprint density at radius 3 is 2.80 bits per heavy atom. The zero-order valence-electron chi connectivity index (χ0n) is 11.0. The quantitative estimate of drug-likeness (QED) is 0.609. The first-order valence-corrected chi connectivity index (χ1v) is 6.27. The van der Waals surface area contributed by atoms with Crippen LogP contribution in [0.4, 0.5) is 0 Å². The van der Waals surface area contributed by atoms with Crippen molar-refractivity contribution in [3.05, 3.63) is 30.1 Å². The van der Waals surface area contributed by atoms with Crippen molar-refractivity contribution in [1.82, 2.24) is 4.98 Å².